The second-order valence-corrected chi connectivity index (χ2v) is 7.92. The van der Waals surface area contributed by atoms with Crippen LogP contribution >= 0.6 is 0 Å². The Hall–Kier alpha value is -5.58. The van der Waals surface area contributed by atoms with Crippen LogP contribution in [0.4, 0.5) is 11.4 Å². The lowest BCUT2D eigenvalue weighted by Crippen LogP contribution is -2.18. The number of anilines is 1. The summed E-state index contributed by atoms with van der Waals surface area (Å²) in [7, 11) is 0. The molecule has 38 heavy (non-hydrogen) atoms. The predicted octanol–water partition coefficient (Wildman–Crippen LogP) is 4.73. The lowest BCUT2D eigenvalue weighted by molar-refractivity contribution is -0.385. The Labute approximate surface area is 215 Å². The highest BCUT2D eigenvalue weighted by Crippen LogP contribution is 2.30. The van der Waals surface area contributed by atoms with Crippen LogP contribution in [-0.2, 0) is 0 Å². The van der Waals surface area contributed by atoms with E-state index in [0.717, 1.165) is 11.8 Å². The number of carbonyl (C=O) groups excluding carboxylic acids is 3. The average molecular weight is 512 g/mol. The van der Waals surface area contributed by atoms with Crippen molar-refractivity contribution < 1.29 is 28.5 Å². The third-order valence-corrected chi connectivity index (χ3v) is 5.19. The highest BCUT2D eigenvalue weighted by molar-refractivity contribution is 6.02. The van der Waals surface area contributed by atoms with Gasteiger partial charge in [-0.15, -0.1) is 0 Å². The number of nitro groups is 1. The number of esters is 1. The molecule has 1 heterocycles. The molecule has 0 aliphatic heterocycles. The molecule has 0 bridgehead atoms. The van der Waals surface area contributed by atoms with Crippen LogP contribution in [0.3, 0.4) is 0 Å². The van der Waals surface area contributed by atoms with Crippen molar-refractivity contribution in [2.75, 3.05) is 5.32 Å². The van der Waals surface area contributed by atoms with Gasteiger partial charge in [-0.1, -0.05) is 23.8 Å². The minimum Gasteiger partial charge on any atom is -0.459 e. The number of amides is 2. The molecule has 190 valence electrons. The van der Waals surface area contributed by atoms with E-state index in [1.54, 1.807) is 31.2 Å². The number of aryl methyl sites for hydroxylation is 1. The van der Waals surface area contributed by atoms with Crippen LogP contribution in [0.25, 0.3) is 0 Å². The Bertz CT molecular complexity index is 1530. The first kappa shape index (κ1) is 25.5. The van der Waals surface area contributed by atoms with E-state index in [9.17, 15) is 24.5 Å². The third-order valence-electron chi connectivity index (χ3n) is 5.19. The van der Waals surface area contributed by atoms with Crippen LogP contribution in [0, 0.1) is 17.0 Å². The lowest BCUT2D eigenvalue weighted by Gasteiger charge is -2.08. The van der Waals surface area contributed by atoms with Crippen molar-refractivity contribution in [2.24, 2.45) is 5.10 Å². The van der Waals surface area contributed by atoms with Crippen LogP contribution in [0.1, 0.15) is 42.4 Å². The van der Waals surface area contributed by atoms with Crippen molar-refractivity contribution in [3.63, 3.8) is 0 Å². The Morgan fingerprint density at radius 2 is 1.71 bits per heavy atom. The molecule has 4 rings (SSSR count). The standard InChI is InChI=1S/C27H20N4O7/c1-17-5-2-6-19(15-17)27(34)38-24-20(7-3-8-22(24)31(35)36)16-28-30-25(32)18-10-12-21(13-11-18)29-26(33)23-9-4-14-37-23/h2-16H,1H3,(H,29,33)(H,30,32)/b28-16+. The van der Waals surface area contributed by atoms with Crippen LogP contribution in [0.15, 0.2) is 94.6 Å². The summed E-state index contributed by atoms with van der Waals surface area (Å²) in [6.45, 7) is 1.80. The minimum absolute atomic E-state index is 0.108. The second-order valence-electron chi connectivity index (χ2n) is 7.92. The molecule has 2 amide bonds. The quantitative estimate of drug-likeness (QED) is 0.114. The number of nitrogens with one attached hydrogen (secondary N) is 2. The van der Waals surface area contributed by atoms with Crippen LogP contribution in [-0.4, -0.2) is 28.9 Å². The number of nitro benzene ring substituents is 1. The van der Waals surface area contributed by atoms with Gasteiger partial charge in [0, 0.05) is 22.9 Å². The number of benzene rings is 3. The summed E-state index contributed by atoms with van der Waals surface area (Å²) in [5.74, 6) is -1.95. The summed E-state index contributed by atoms with van der Waals surface area (Å²) in [5, 5.41) is 18.0. The highest BCUT2D eigenvalue weighted by Gasteiger charge is 2.22. The number of nitrogens with zero attached hydrogens (tertiary/aromatic N) is 2. The van der Waals surface area contributed by atoms with Crippen LogP contribution < -0.4 is 15.5 Å². The normalized spacial score (nSPS) is 10.7. The van der Waals surface area contributed by atoms with Gasteiger partial charge < -0.3 is 14.5 Å². The van der Waals surface area contributed by atoms with E-state index in [1.165, 1.54) is 60.9 Å². The van der Waals surface area contributed by atoms with Gasteiger partial charge in [-0.3, -0.25) is 19.7 Å². The number of rotatable bonds is 8. The summed E-state index contributed by atoms with van der Waals surface area (Å²) in [6, 6.07) is 19.8. The molecule has 4 aromatic rings. The first-order valence-electron chi connectivity index (χ1n) is 11.2. The molecular formula is C27H20N4O7. The van der Waals surface area contributed by atoms with Gasteiger partial charge in [-0.25, -0.2) is 10.2 Å². The smallest absolute Gasteiger partial charge is 0.343 e. The van der Waals surface area contributed by atoms with Gasteiger partial charge in [0.15, 0.2) is 5.76 Å². The molecule has 0 saturated carbocycles. The zero-order chi connectivity index (χ0) is 27.1. The lowest BCUT2D eigenvalue weighted by atomic mass is 10.1. The van der Waals surface area contributed by atoms with Crippen molar-refractivity contribution in [1.82, 2.24) is 5.43 Å². The summed E-state index contributed by atoms with van der Waals surface area (Å²) < 4.78 is 10.4. The topological polar surface area (TPSA) is 153 Å². The second kappa shape index (κ2) is 11.4. The highest BCUT2D eigenvalue weighted by atomic mass is 16.6. The SMILES string of the molecule is Cc1cccc(C(=O)Oc2c(/C=N/NC(=O)c3ccc(NC(=O)c4ccco4)cc3)cccc2[N+](=O)[O-])c1. The molecule has 11 heteroatoms. The van der Waals surface area contributed by atoms with Crippen molar-refractivity contribution in [3.05, 3.63) is 123 Å². The molecule has 0 unspecified atom stereocenters. The summed E-state index contributed by atoms with van der Waals surface area (Å²) in [6.07, 6.45) is 2.52. The average Bonchev–Trinajstić information content (AvgIpc) is 3.45. The Morgan fingerprint density at radius 3 is 2.39 bits per heavy atom. The van der Waals surface area contributed by atoms with Gasteiger partial charge in [-0.2, -0.15) is 5.10 Å². The third kappa shape index (κ3) is 6.15. The molecular weight excluding hydrogens is 492 g/mol. The Kier molecular flexibility index (Phi) is 7.68. The zero-order valence-electron chi connectivity index (χ0n) is 19.9. The molecule has 3 aromatic carbocycles. The fraction of sp³-hybridized carbons (Fsp3) is 0.0370. The fourth-order valence-corrected chi connectivity index (χ4v) is 3.35. The Balaban J connectivity index is 1.45. The van der Waals surface area contributed by atoms with Crippen LogP contribution in [0.2, 0.25) is 0 Å². The molecule has 0 saturated heterocycles. The maximum absolute atomic E-state index is 12.6. The monoisotopic (exact) mass is 512 g/mol. The number of carbonyl (C=O) groups is 3. The molecule has 0 aliphatic carbocycles. The number of ether oxygens (including phenoxy) is 1. The van der Waals surface area contributed by atoms with E-state index in [2.05, 4.69) is 15.8 Å². The maximum Gasteiger partial charge on any atom is 0.343 e. The number of furan rings is 1. The number of hydrogen-bond donors (Lipinski definition) is 2. The van der Waals surface area contributed by atoms with E-state index in [4.69, 9.17) is 9.15 Å². The predicted molar refractivity (Wildman–Crippen MR) is 137 cm³/mol. The number of hydrogen-bond acceptors (Lipinski definition) is 8. The zero-order valence-corrected chi connectivity index (χ0v) is 19.9. The molecule has 0 atom stereocenters. The number of para-hydroxylation sites is 1. The van der Waals surface area contributed by atoms with Crippen molar-refractivity contribution in [1.29, 1.82) is 0 Å². The van der Waals surface area contributed by atoms with Gasteiger partial charge in [-0.05, 0) is 61.5 Å². The molecule has 0 aliphatic rings. The van der Waals surface area contributed by atoms with E-state index in [1.807, 2.05) is 0 Å². The van der Waals surface area contributed by atoms with Crippen molar-refractivity contribution >= 4 is 35.4 Å². The molecule has 1 aromatic heterocycles. The molecule has 0 radical (unpaired) electrons. The van der Waals surface area contributed by atoms with Gasteiger partial charge in [0.25, 0.3) is 11.8 Å². The minimum atomic E-state index is -0.777. The number of hydrazone groups is 1. The first-order chi connectivity index (χ1) is 18.3. The Morgan fingerprint density at radius 1 is 0.947 bits per heavy atom. The summed E-state index contributed by atoms with van der Waals surface area (Å²) >= 11 is 0. The van der Waals surface area contributed by atoms with E-state index < -0.39 is 28.4 Å². The molecule has 0 fully saturated rings. The van der Waals surface area contributed by atoms with E-state index >= 15 is 0 Å². The largest absolute Gasteiger partial charge is 0.459 e. The fourth-order valence-electron chi connectivity index (χ4n) is 3.35. The summed E-state index contributed by atoms with van der Waals surface area (Å²) in [5.41, 5.74) is 3.72. The van der Waals surface area contributed by atoms with Gasteiger partial charge in [0.05, 0.1) is 23.0 Å². The van der Waals surface area contributed by atoms with Gasteiger partial charge in [0.1, 0.15) is 0 Å². The van der Waals surface area contributed by atoms with Gasteiger partial charge in [0.2, 0.25) is 5.75 Å². The van der Waals surface area contributed by atoms with Crippen molar-refractivity contribution in [2.45, 2.75) is 6.92 Å². The molecule has 2 N–H and O–H groups in total. The maximum atomic E-state index is 12.6. The molecule has 0 spiro atoms. The molecule has 11 nitrogen and oxygen atoms in total. The summed E-state index contributed by atoms with van der Waals surface area (Å²) in [4.78, 5) is 48.0. The van der Waals surface area contributed by atoms with Crippen molar-refractivity contribution in [3.8, 4) is 5.75 Å². The first-order valence-corrected chi connectivity index (χ1v) is 11.2. The van der Waals surface area contributed by atoms with E-state index in [-0.39, 0.29) is 28.2 Å². The van der Waals surface area contributed by atoms with Gasteiger partial charge >= 0.3 is 11.7 Å². The van der Waals surface area contributed by atoms with Crippen LogP contribution in [0.5, 0.6) is 5.75 Å². The van der Waals surface area contributed by atoms with E-state index in [0.29, 0.717) is 5.69 Å².